The molecule has 20 heavy (non-hydrogen) atoms. The molecule has 2 aliphatic rings. The van der Waals surface area contributed by atoms with Crippen molar-refractivity contribution in [2.75, 3.05) is 11.4 Å². The molecule has 1 aromatic heterocycles. The Kier molecular flexibility index (Phi) is 3.51. The van der Waals surface area contributed by atoms with Crippen LogP contribution in [0.4, 0.5) is 19.0 Å². The van der Waals surface area contributed by atoms with Crippen molar-refractivity contribution >= 4 is 5.82 Å². The van der Waals surface area contributed by atoms with Crippen molar-refractivity contribution in [3.05, 3.63) is 18.6 Å². The van der Waals surface area contributed by atoms with Gasteiger partial charge in [-0.1, -0.05) is 0 Å². The summed E-state index contributed by atoms with van der Waals surface area (Å²) in [6.07, 6.45) is 2.49. The Balaban J connectivity index is 1.71. The summed E-state index contributed by atoms with van der Waals surface area (Å²) >= 11 is 0. The van der Waals surface area contributed by atoms with E-state index in [9.17, 15) is 13.2 Å². The van der Waals surface area contributed by atoms with Gasteiger partial charge in [0.2, 0.25) is 0 Å². The maximum atomic E-state index is 12.7. The average molecular weight is 287 g/mol. The number of alkyl halides is 3. The summed E-state index contributed by atoms with van der Waals surface area (Å²) in [7, 11) is 0. The highest BCUT2D eigenvalue weighted by molar-refractivity contribution is 5.39. The van der Waals surface area contributed by atoms with Crippen LogP contribution in [0.2, 0.25) is 0 Å². The number of nitrogens with zero attached hydrogens (tertiary/aromatic N) is 3. The van der Waals surface area contributed by atoms with Crippen LogP contribution >= 0.6 is 0 Å². The molecule has 3 atom stereocenters. The molecule has 0 aromatic carbocycles. The minimum absolute atomic E-state index is 0.0200. The Morgan fingerprint density at radius 2 is 2.10 bits per heavy atom. The van der Waals surface area contributed by atoms with Crippen LogP contribution in [0.15, 0.2) is 18.6 Å². The summed E-state index contributed by atoms with van der Waals surface area (Å²) in [5.74, 6) is 0.729. The summed E-state index contributed by atoms with van der Waals surface area (Å²) in [4.78, 5) is 10.3. The van der Waals surface area contributed by atoms with Crippen LogP contribution in [-0.4, -0.2) is 40.8 Å². The maximum absolute atomic E-state index is 12.7. The second-order valence-corrected chi connectivity index (χ2v) is 5.19. The van der Waals surface area contributed by atoms with Crippen LogP contribution in [-0.2, 0) is 0 Å². The molecule has 2 fully saturated rings. The van der Waals surface area contributed by atoms with Crippen molar-refractivity contribution < 1.29 is 13.2 Å². The fourth-order valence-electron chi connectivity index (χ4n) is 2.98. The zero-order valence-corrected chi connectivity index (χ0v) is 10.8. The van der Waals surface area contributed by atoms with Crippen molar-refractivity contribution in [2.24, 2.45) is 0 Å². The lowest BCUT2D eigenvalue weighted by Crippen LogP contribution is -2.47. The summed E-state index contributed by atoms with van der Waals surface area (Å²) in [5.41, 5.74) is 5.15. The van der Waals surface area contributed by atoms with Gasteiger partial charge in [0.05, 0.1) is 6.20 Å². The van der Waals surface area contributed by atoms with E-state index < -0.39 is 12.2 Å². The summed E-state index contributed by atoms with van der Waals surface area (Å²) in [6, 6.07) is -1.69. The molecule has 0 aliphatic carbocycles. The number of halogens is 3. The molecule has 3 unspecified atom stereocenters. The monoisotopic (exact) mass is 287 g/mol. The first-order valence-corrected chi connectivity index (χ1v) is 6.66. The lowest BCUT2D eigenvalue weighted by Gasteiger charge is -2.29. The zero-order chi connectivity index (χ0) is 14.2. The molecule has 0 bridgehead atoms. The third-order valence-electron chi connectivity index (χ3n) is 3.94. The normalized spacial score (nSPS) is 30.9. The third-order valence-corrected chi connectivity index (χ3v) is 3.94. The topological polar surface area (TPSA) is 53.1 Å². The molecule has 0 amide bonds. The zero-order valence-electron chi connectivity index (χ0n) is 10.8. The second kappa shape index (κ2) is 5.17. The number of hydrogen-bond acceptors (Lipinski definition) is 5. The fraction of sp³-hybridized carbons (Fsp3) is 0.667. The Labute approximate surface area is 114 Å². The standard InChI is InChI=1S/C12H16F3N5/c13-12(14,15)10-6-8(18-19-10)9-2-1-5-20(9)11-7-16-3-4-17-11/h3-4,7-10,18-19H,1-2,5-6H2. The summed E-state index contributed by atoms with van der Waals surface area (Å²) in [5, 5.41) is 0. The minimum atomic E-state index is -4.21. The number of anilines is 1. The van der Waals surface area contributed by atoms with Gasteiger partial charge in [0.1, 0.15) is 11.9 Å². The van der Waals surface area contributed by atoms with E-state index in [1.807, 2.05) is 4.90 Å². The lowest BCUT2D eigenvalue weighted by atomic mass is 10.0. The maximum Gasteiger partial charge on any atom is 0.405 e. The Morgan fingerprint density at radius 3 is 2.75 bits per heavy atom. The highest BCUT2D eigenvalue weighted by Gasteiger charge is 2.47. The highest BCUT2D eigenvalue weighted by atomic mass is 19.4. The van der Waals surface area contributed by atoms with Gasteiger partial charge >= 0.3 is 6.18 Å². The smallest absolute Gasteiger partial charge is 0.351 e. The van der Waals surface area contributed by atoms with E-state index in [2.05, 4.69) is 20.8 Å². The molecule has 8 heteroatoms. The predicted octanol–water partition coefficient (Wildman–Crippen LogP) is 1.24. The van der Waals surface area contributed by atoms with E-state index in [1.165, 1.54) is 0 Å². The van der Waals surface area contributed by atoms with E-state index in [-0.39, 0.29) is 18.5 Å². The first-order chi connectivity index (χ1) is 9.55. The summed E-state index contributed by atoms with van der Waals surface area (Å²) < 4.78 is 38.1. The van der Waals surface area contributed by atoms with E-state index in [0.717, 1.165) is 25.2 Å². The Bertz CT molecular complexity index is 452. The van der Waals surface area contributed by atoms with E-state index in [1.54, 1.807) is 18.6 Å². The van der Waals surface area contributed by atoms with Gasteiger partial charge in [-0.3, -0.25) is 10.4 Å². The van der Waals surface area contributed by atoms with Crippen LogP contribution in [0, 0.1) is 0 Å². The van der Waals surface area contributed by atoms with Crippen LogP contribution in [0.5, 0.6) is 0 Å². The molecule has 3 rings (SSSR count). The van der Waals surface area contributed by atoms with Gasteiger partial charge in [0, 0.05) is 31.0 Å². The fourth-order valence-corrected chi connectivity index (χ4v) is 2.98. The third kappa shape index (κ3) is 2.57. The molecule has 2 saturated heterocycles. The van der Waals surface area contributed by atoms with Gasteiger partial charge in [-0.2, -0.15) is 13.2 Å². The van der Waals surface area contributed by atoms with Gasteiger partial charge < -0.3 is 4.90 Å². The summed E-state index contributed by atoms with van der Waals surface area (Å²) in [6.45, 7) is 0.804. The van der Waals surface area contributed by atoms with Crippen molar-refractivity contribution in [3.63, 3.8) is 0 Å². The molecule has 2 N–H and O–H groups in total. The van der Waals surface area contributed by atoms with Crippen LogP contribution in [0.3, 0.4) is 0 Å². The number of nitrogens with one attached hydrogen (secondary N) is 2. The van der Waals surface area contributed by atoms with Crippen LogP contribution in [0.1, 0.15) is 19.3 Å². The van der Waals surface area contributed by atoms with E-state index >= 15 is 0 Å². The SMILES string of the molecule is FC(F)(F)C1CC(C2CCCN2c2cnccn2)NN1. The van der Waals surface area contributed by atoms with Gasteiger partial charge in [0.15, 0.2) is 0 Å². The quantitative estimate of drug-likeness (QED) is 0.857. The predicted molar refractivity (Wildman–Crippen MR) is 66.9 cm³/mol. The molecule has 3 heterocycles. The molecule has 2 aliphatic heterocycles. The minimum Gasteiger partial charge on any atom is -0.351 e. The highest BCUT2D eigenvalue weighted by Crippen LogP contribution is 2.32. The number of rotatable bonds is 2. The molecular weight excluding hydrogens is 271 g/mol. The second-order valence-electron chi connectivity index (χ2n) is 5.19. The first kappa shape index (κ1) is 13.6. The van der Waals surface area contributed by atoms with Gasteiger partial charge in [-0.15, -0.1) is 0 Å². The molecule has 5 nitrogen and oxygen atoms in total. The molecule has 110 valence electrons. The Hall–Kier alpha value is -1.41. The number of hydrazine groups is 1. The molecule has 0 spiro atoms. The van der Waals surface area contributed by atoms with Crippen molar-refractivity contribution in [3.8, 4) is 0 Å². The molecule has 0 radical (unpaired) electrons. The van der Waals surface area contributed by atoms with Gasteiger partial charge in [0.25, 0.3) is 0 Å². The van der Waals surface area contributed by atoms with Crippen molar-refractivity contribution in [1.82, 2.24) is 20.8 Å². The van der Waals surface area contributed by atoms with E-state index in [0.29, 0.717) is 0 Å². The van der Waals surface area contributed by atoms with Crippen molar-refractivity contribution in [2.45, 2.75) is 43.6 Å². The van der Waals surface area contributed by atoms with Crippen LogP contribution in [0.25, 0.3) is 0 Å². The lowest BCUT2D eigenvalue weighted by molar-refractivity contribution is -0.153. The van der Waals surface area contributed by atoms with Crippen LogP contribution < -0.4 is 15.8 Å². The number of aromatic nitrogens is 2. The van der Waals surface area contributed by atoms with Crippen molar-refractivity contribution in [1.29, 1.82) is 0 Å². The molecular formula is C12H16F3N5. The first-order valence-electron chi connectivity index (χ1n) is 6.66. The number of hydrogen-bond donors (Lipinski definition) is 2. The average Bonchev–Trinajstić information content (AvgIpc) is 3.07. The molecule has 0 saturated carbocycles. The molecule has 1 aromatic rings. The van der Waals surface area contributed by atoms with E-state index in [4.69, 9.17) is 0 Å². The largest absolute Gasteiger partial charge is 0.405 e. The Morgan fingerprint density at radius 1 is 1.25 bits per heavy atom. The van der Waals surface area contributed by atoms with Gasteiger partial charge in [-0.05, 0) is 19.3 Å². The van der Waals surface area contributed by atoms with Gasteiger partial charge in [-0.25, -0.2) is 10.4 Å².